The van der Waals surface area contributed by atoms with Crippen LogP contribution in [0.25, 0.3) is 0 Å². The maximum Gasteiger partial charge on any atom is 0.416 e. The number of rotatable bonds is 9. The van der Waals surface area contributed by atoms with Gasteiger partial charge in [-0.15, -0.1) is 0 Å². The number of amides is 1. The van der Waals surface area contributed by atoms with Crippen LogP contribution in [0.2, 0.25) is 0 Å². The van der Waals surface area contributed by atoms with Crippen molar-refractivity contribution in [1.29, 1.82) is 0 Å². The summed E-state index contributed by atoms with van der Waals surface area (Å²) in [6, 6.07) is 16.8. The van der Waals surface area contributed by atoms with Gasteiger partial charge in [-0.25, -0.2) is 8.42 Å². The van der Waals surface area contributed by atoms with Gasteiger partial charge >= 0.3 is 6.18 Å². The number of ether oxygens (including phenoxy) is 1. The number of alkyl halides is 3. The molecule has 0 saturated carbocycles. The van der Waals surface area contributed by atoms with Crippen molar-refractivity contribution in [1.82, 2.24) is 9.80 Å². The molecule has 0 fully saturated rings. The fourth-order valence-corrected chi connectivity index (χ4v) is 5.87. The number of halogens is 3. The van der Waals surface area contributed by atoms with Crippen LogP contribution in [0.5, 0.6) is 5.75 Å². The maximum atomic E-state index is 13.7. The quantitative estimate of drug-likeness (QED) is 0.362. The zero-order chi connectivity index (χ0) is 30.7. The molecule has 3 aromatic rings. The monoisotopic (exact) mass is 605 g/mol. The summed E-state index contributed by atoms with van der Waals surface area (Å²) >= 11 is 0. The summed E-state index contributed by atoms with van der Waals surface area (Å²) in [5.41, 5.74) is 0.308. The molecule has 0 spiro atoms. The van der Waals surface area contributed by atoms with Gasteiger partial charge in [-0.3, -0.25) is 14.4 Å². The molecular weight excluding hydrogens is 571 g/mol. The molecular formula is C30H34F3N3O5S. The van der Waals surface area contributed by atoms with E-state index in [9.17, 15) is 31.5 Å². The van der Waals surface area contributed by atoms with Crippen molar-refractivity contribution < 1.29 is 36.2 Å². The Labute approximate surface area is 243 Å². The summed E-state index contributed by atoms with van der Waals surface area (Å²) in [6.07, 6.45) is -4.84. The second-order valence-corrected chi connectivity index (χ2v) is 12.3. The van der Waals surface area contributed by atoms with Crippen LogP contribution in [0, 0.1) is 5.92 Å². The van der Waals surface area contributed by atoms with Crippen molar-refractivity contribution >= 4 is 21.6 Å². The molecule has 226 valence electrons. The van der Waals surface area contributed by atoms with E-state index in [4.69, 9.17) is 4.74 Å². The van der Waals surface area contributed by atoms with Gasteiger partial charge in [0, 0.05) is 31.2 Å². The highest BCUT2D eigenvalue weighted by Crippen LogP contribution is 2.32. The van der Waals surface area contributed by atoms with Gasteiger partial charge in [-0.2, -0.15) is 13.2 Å². The topological polar surface area (TPSA) is 99.2 Å². The number of benzene rings is 3. The van der Waals surface area contributed by atoms with Crippen molar-refractivity contribution in [2.75, 3.05) is 31.5 Å². The van der Waals surface area contributed by atoms with Crippen LogP contribution in [-0.2, 0) is 22.7 Å². The number of hydrogen-bond acceptors (Lipinski definition) is 6. The number of anilines is 1. The number of sulfonamides is 1. The van der Waals surface area contributed by atoms with Gasteiger partial charge in [0.15, 0.2) is 0 Å². The Morgan fingerprint density at radius 1 is 1.10 bits per heavy atom. The van der Waals surface area contributed by atoms with Gasteiger partial charge in [0.1, 0.15) is 11.9 Å². The molecule has 1 amide bonds. The second kappa shape index (κ2) is 12.7. The summed E-state index contributed by atoms with van der Waals surface area (Å²) in [7, 11) is -2.08. The standard InChI is InChI=1S/C30H34F3N3O5S/c1-20-16-36(21(2)19-37)29(38)26-15-24(34-42(39,40)25-7-5-4-6-8-25)13-14-27(26)41-28(20)18-35(3)17-22-9-11-23(12-10-22)30(31,32)33/h4-15,20-21,28,34,37H,16-19H2,1-3H3/t20-,21+,28-/m1/s1. The van der Waals surface area contributed by atoms with E-state index in [2.05, 4.69) is 4.72 Å². The molecule has 0 bridgehead atoms. The fraction of sp³-hybridized carbons (Fsp3) is 0.367. The number of nitrogens with one attached hydrogen (secondary N) is 1. The predicted octanol–water partition coefficient (Wildman–Crippen LogP) is 4.86. The van der Waals surface area contributed by atoms with Crippen molar-refractivity contribution in [2.45, 2.75) is 43.6 Å². The SMILES string of the molecule is C[C@@H]1CN([C@@H](C)CO)C(=O)c2cc(NS(=O)(=O)c3ccccc3)ccc2O[C@@H]1CN(C)Cc1ccc(C(F)(F)F)cc1. The van der Waals surface area contributed by atoms with Crippen LogP contribution in [0.1, 0.15) is 35.3 Å². The number of hydrogen-bond donors (Lipinski definition) is 2. The van der Waals surface area contributed by atoms with Crippen LogP contribution in [0.15, 0.2) is 77.7 Å². The highest BCUT2D eigenvalue weighted by Gasteiger charge is 2.34. The molecule has 8 nitrogen and oxygen atoms in total. The van der Waals surface area contributed by atoms with Gasteiger partial charge in [0.05, 0.1) is 28.7 Å². The first-order chi connectivity index (χ1) is 19.8. The normalized spacial score (nSPS) is 18.6. The minimum Gasteiger partial charge on any atom is -0.488 e. The summed E-state index contributed by atoms with van der Waals surface area (Å²) < 4.78 is 73.5. The van der Waals surface area contributed by atoms with Gasteiger partial charge < -0.3 is 14.7 Å². The summed E-state index contributed by atoms with van der Waals surface area (Å²) in [5, 5.41) is 9.88. The first kappa shape index (κ1) is 31.3. The highest BCUT2D eigenvalue weighted by molar-refractivity contribution is 7.92. The first-order valence-corrected chi connectivity index (χ1v) is 14.9. The molecule has 4 rings (SSSR count). The minimum atomic E-state index is -4.41. The van der Waals surface area contributed by atoms with Gasteiger partial charge in [0.25, 0.3) is 15.9 Å². The largest absolute Gasteiger partial charge is 0.488 e. The maximum absolute atomic E-state index is 13.7. The Kier molecular flexibility index (Phi) is 9.49. The number of fused-ring (bicyclic) bond motifs is 1. The second-order valence-electron chi connectivity index (χ2n) is 10.6. The lowest BCUT2D eigenvalue weighted by Gasteiger charge is -2.38. The van der Waals surface area contributed by atoms with Crippen molar-refractivity contribution in [3.8, 4) is 5.75 Å². The molecule has 3 atom stereocenters. The first-order valence-electron chi connectivity index (χ1n) is 13.4. The average molecular weight is 606 g/mol. The van der Waals surface area contributed by atoms with E-state index in [1.54, 1.807) is 36.1 Å². The van der Waals surface area contributed by atoms with E-state index in [0.717, 1.165) is 12.1 Å². The van der Waals surface area contributed by atoms with E-state index in [-0.39, 0.29) is 41.0 Å². The van der Waals surface area contributed by atoms with Crippen LogP contribution < -0.4 is 9.46 Å². The van der Waals surface area contributed by atoms with Crippen molar-refractivity contribution in [3.05, 3.63) is 89.5 Å². The van der Waals surface area contributed by atoms with Gasteiger partial charge in [-0.1, -0.05) is 37.3 Å². The van der Waals surface area contributed by atoms with E-state index < -0.39 is 39.8 Å². The summed E-state index contributed by atoms with van der Waals surface area (Å²) in [6.45, 7) is 4.40. The molecule has 0 radical (unpaired) electrons. The predicted molar refractivity (Wildman–Crippen MR) is 153 cm³/mol. The third kappa shape index (κ3) is 7.42. The number of likely N-dealkylation sites (N-methyl/N-ethyl adjacent to an activating group) is 1. The summed E-state index contributed by atoms with van der Waals surface area (Å²) in [4.78, 5) is 17.2. The van der Waals surface area contributed by atoms with Crippen LogP contribution in [-0.4, -0.2) is 68.1 Å². The van der Waals surface area contributed by atoms with E-state index in [0.29, 0.717) is 18.7 Å². The Morgan fingerprint density at radius 2 is 1.76 bits per heavy atom. The molecule has 42 heavy (non-hydrogen) atoms. The smallest absolute Gasteiger partial charge is 0.416 e. The van der Waals surface area contributed by atoms with Gasteiger partial charge in [0.2, 0.25) is 0 Å². The molecule has 1 heterocycles. The highest BCUT2D eigenvalue weighted by atomic mass is 32.2. The molecule has 0 aliphatic carbocycles. The van der Waals surface area contributed by atoms with E-state index >= 15 is 0 Å². The number of aliphatic hydroxyl groups is 1. The molecule has 3 aromatic carbocycles. The Bertz CT molecular complexity index is 1480. The average Bonchev–Trinajstić information content (AvgIpc) is 2.95. The Balaban J connectivity index is 1.59. The third-order valence-electron chi connectivity index (χ3n) is 7.20. The number of carbonyl (C=O) groups excluding carboxylic acids is 1. The molecule has 1 aliphatic heterocycles. The third-order valence-corrected chi connectivity index (χ3v) is 8.59. The Hall–Kier alpha value is -3.61. The fourth-order valence-electron chi connectivity index (χ4n) is 4.80. The van der Waals surface area contributed by atoms with Crippen LogP contribution in [0.3, 0.4) is 0 Å². The molecule has 0 saturated heterocycles. The lowest BCUT2D eigenvalue weighted by molar-refractivity contribution is -0.137. The van der Waals surface area contributed by atoms with E-state index in [1.165, 1.54) is 36.4 Å². The number of carbonyl (C=O) groups is 1. The van der Waals surface area contributed by atoms with Crippen molar-refractivity contribution in [2.24, 2.45) is 5.92 Å². The molecule has 2 N–H and O–H groups in total. The molecule has 12 heteroatoms. The molecule has 0 unspecified atom stereocenters. The zero-order valence-electron chi connectivity index (χ0n) is 23.5. The summed E-state index contributed by atoms with van der Waals surface area (Å²) in [5.74, 6) is -0.324. The van der Waals surface area contributed by atoms with Crippen LogP contribution in [0.4, 0.5) is 18.9 Å². The lowest BCUT2D eigenvalue weighted by Crippen LogP contribution is -2.49. The molecule has 1 aliphatic rings. The minimum absolute atomic E-state index is 0.0693. The van der Waals surface area contributed by atoms with Crippen LogP contribution >= 0.6 is 0 Å². The zero-order valence-corrected chi connectivity index (χ0v) is 24.3. The van der Waals surface area contributed by atoms with E-state index in [1.807, 2.05) is 18.9 Å². The van der Waals surface area contributed by atoms with Gasteiger partial charge in [-0.05, 0) is 62.0 Å². The lowest BCUT2D eigenvalue weighted by atomic mass is 9.99. The molecule has 0 aromatic heterocycles. The van der Waals surface area contributed by atoms with Crippen molar-refractivity contribution in [3.63, 3.8) is 0 Å². The number of nitrogens with zero attached hydrogens (tertiary/aromatic N) is 2. The number of aliphatic hydroxyl groups excluding tert-OH is 1. The Morgan fingerprint density at radius 3 is 2.38 bits per heavy atom.